The molecule has 4 N–H and O–H groups in total. The number of hydrogen-bond acceptors (Lipinski definition) is 7. The fourth-order valence-corrected chi connectivity index (χ4v) is 3.42. The second kappa shape index (κ2) is 6.02. The Labute approximate surface area is 157 Å². The smallest absolute Gasteiger partial charge is 0.328 e. The Balaban J connectivity index is 2.04. The summed E-state index contributed by atoms with van der Waals surface area (Å²) in [4.78, 5) is 58.9. The lowest BCUT2D eigenvalue weighted by Gasteiger charge is -2.27. The number of carbonyl (C=O) groups excluding carboxylic acids is 2. The monoisotopic (exact) mass is 378 g/mol. The number of pyridine rings is 1. The van der Waals surface area contributed by atoms with E-state index >= 15 is 0 Å². The maximum Gasteiger partial charge on any atom is 0.328 e. The fraction of sp³-hybridized carbons (Fsp3) is 0.105. The SMILES string of the molecule is Cc1cccc(NC2(c3c(O)[nH]c(=O)[nH]c3=O)C(=O)c3ccccc3C2=O)n1. The lowest BCUT2D eigenvalue weighted by Crippen LogP contribution is -2.50. The normalized spacial score (nSPS) is 14.8. The molecule has 1 aromatic carbocycles. The average molecular weight is 378 g/mol. The van der Waals surface area contributed by atoms with Gasteiger partial charge in [-0.25, -0.2) is 9.78 Å². The van der Waals surface area contributed by atoms with Crippen molar-refractivity contribution >= 4 is 17.4 Å². The number of aromatic hydroxyl groups is 1. The minimum absolute atomic E-state index is 0.0950. The van der Waals surface area contributed by atoms with Gasteiger partial charge in [0.15, 0.2) is 0 Å². The molecule has 2 aromatic heterocycles. The van der Waals surface area contributed by atoms with Crippen LogP contribution in [-0.2, 0) is 5.54 Å². The highest BCUT2D eigenvalue weighted by molar-refractivity contribution is 6.34. The van der Waals surface area contributed by atoms with E-state index < -0.39 is 39.8 Å². The molecule has 1 aliphatic rings. The number of H-pyrrole nitrogens is 2. The van der Waals surface area contributed by atoms with Crippen molar-refractivity contribution in [1.82, 2.24) is 15.0 Å². The molecular formula is C19H14N4O5. The number of aromatic amines is 2. The van der Waals surface area contributed by atoms with Gasteiger partial charge in [0.05, 0.1) is 0 Å². The van der Waals surface area contributed by atoms with Crippen LogP contribution < -0.4 is 16.6 Å². The van der Waals surface area contributed by atoms with E-state index in [9.17, 15) is 24.3 Å². The number of aryl methyl sites for hydroxylation is 1. The number of fused-ring (bicyclic) bond motifs is 1. The highest BCUT2D eigenvalue weighted by atomic mass is 16.3. The number of nitrogens with zero attached hydrogens (tertiary/aromatic N) is 1. The van der Waals surface area contributed by atoms with Gasteiger partial charge in [-0.2, -0.15) is 0 Å². The van der Waals surface area contributed by atoms with E-state index in [4.69, 9.17) is 0 Å². The first-order chi connectivity index (χ1) is 13.3. The average Bonchev–Trinajstić information content (AvgIpc) is 2.84. The minimum Gasteiger partial charge on any atom is -0.494 e. The first-order valence-corrected chi connectivity index (χ1v) is 8.31. The largest absolute Gasteiger partial charge is 0.494 e. The Morgan fingerprint density at radius 3 is 2.14 bits per heavy atom. The van der Waals surface area contributed by atoms with Gasteiger partial charge in [-0.1, -0.05) is 30.3 Å². The summed E-state index contributed by atoms with van der Waals surface area (Å²) in [6, 6.07) is 11.0. The molecular weight excluding hydrogens is 364 g/mol. The summed E-state index contributed by atoms with van der Waals surface area (Å²) in [6.07, 6.45) is 0. The van der Waals surface area contributed by atoms with Crippen LogP contribution in [0.15, 0.2) is 52.1 Å². The van der Waals surface area contributed by atoms with Crippen LogP contribution in [0.4, 0.5) is 5.82 Å². The van der Waals surface area contributed by atoms with Gasteiger partial charge in [-0.15, -0.1) is 0 Å². The zero-order valence-corrected chi connectivity index (χ0v) is 14.6. The number of carbonyl (C=O) groups is 2. The number of nitrogens with one attached hydrogen (secondary N) is 3. The molecule has 0 spiro atoms. The quantitative estimate of drug-likeness (QED) is 0.495. The predicted molar refractivity (Wildman–Crippen MR) is 98.7 cm³/mol. The molecule has 0 saturated carbocycles. The van der Waals surface area contributed by atoms with E-state index in [0.717, 1.165) is 0 Å². The molecule has 0 atom stereocenters. The molecule has 4 rings (SSSR count). The first kappa shape index (κ1) is 17.4. The van der Waals surface area contributed by atoms with Gasteiger partial charge < -0.3 is 10.4 Å². The number of ketones is 2. The van der Waals surface area contributed by atoms with Gasteiger partial charge in [0, 0.05) is 16.8 Å². The van der Waals surface area contributed by atoms with Crippen molar-refractivity contribution in [2.45, 2.75) is 12.5 Å². The van der Waals surface area contributed by atoms with Crippen LogP contribution in [0.5, 0.6) is 5.88 Å². The standard InChI is InChI=1S/C19H14N4O5/c1-9-5-4-8-12(20-9)23-19(13-16(26)21-18(28)22-17(13)27)14(24)10-6-2-3-7-11(10)15(19)25/h2-8H,1H3,(H,20,23)(H3,21,22,26,27,28). The molecule has 0 saturated heterocycles. The Hall–Kier alpha value is -4.01. The third-order valence-corrected chi connectivity index (χ3v) is 4.60. The Morgan fingerprint density at radius 1 is 0.929 bits per heavy atom. The molecule has 1 aliphatic carbocycles. The molecule has 0 radical (unpaired) electrons. The number of aromatic nitrogens is 3. The third kappa shape index (κ3) is 2.37. The Kier molecular flexibility index (Phi) is 3.74. The molecule has 0 unspecified atom stereocenters. The molecule has 9 heteroatoms. The Bertz CT molecular complexity index is 1220. The van der Waals surface area contributed by atoms with Crippen LogP contribution in [0.2, 0.25) is 0 Å². The molecule has 3 aromatic rings. The van der Waals surface area contributed by atoms with Crippen molar-refractivity contribution in [2.24, 2.45) is 0 Å². The molecule has 0 aliphatic heterocycles. The highest BCUT2D eigenvalue weighted by Gasteiger charge is 2.57. The summed E-state index contributed by atoms with van der Waals surface area (Å²) in [5.74, 6) is -2.18. The zero-order chi connectivity index (χ0) is 20.1. The van der Waals surface area contributed by atoms with Gasteiger partial charge in [-0.05, 0) is 19.1 Å². The third-order valence-electron chi connectivity index (χ3n) is 4.60. The first-order valence-electron chi connectivity index (χ1n) is 8.31. The van der Waals surface area contributed by atoms with Crippen LogP contribution in [-0.4, -0.2) is 31.6 Å². The van der Waals surface area contributed by atoms with Gasteiger partial charge in [0.25, 0.3) is 5.56 Å². The van der Waals surface area contributed by atoms with Gasteiger partial charge in [0.1, 0.15) is 11.4 Å². The van der Waals surface area contributed by atoms with E-state index in [1.807, 2.05) is 9.97 Å². The minimum atomic E-state index is -2.27. The van der Waals surface area contributed by atoms with Crippen molar-refractivity contribution in [2.75, 3.05) is 5.32 Å². The van der Waals surface area contributed by atoms with E-state index in [-0.39, 0.29) is 16.9 Å². The van der Waals surface area contributed by atoms with E-state index in [1.165, 1.54) is 18.2 Å². The summed E-state index contributed by atoms with van der Waals surface area (Å²) in [5, 5.41) is 13.1. The number of anilines is 1. The van der Waals surface area contributed by atoms with Crippen molar-refractivity contribution in [3.8, 4) is 5.88 Å². The fourth-order valence-electron chi connectivity index (χ4n) is 3.42. The second-order valence-electron chi connectivity index (χ2n) is 6.37. The van der Waals surface area contributed by atoms with Crippen LogP contribution >= 0.6 is 0 Å². The summed E-state index contributed by atoms with van der Waals surface area (Å²) in [5.41, 5.74) is -4.10. The van der Waals surface area contributed by atoms with E-state index in [0.29, 0.717) is 5.69 Å². The summed E-state index contributed by atoms with van der Waals surface area (Å²) in [6.45, 7) is 1.72. The van der Waals surface area contributed by atoms with Crippen LogP contribution in [0, 0.1) is 6.92 Å². The number of Topliss-reactive ketones (excluding diaryl/α,β-unsaturated/α-hetero) is 2. The van der Waals surface area contributed by atoms with Gasteiger partial charge in [0.2, 0.25) is 23.0 Å². The number of hydrogen-bond donors (Lipinski definition) is 4. The predicted octanol–water partition coefficient (Wildman–Crippen LogP) is 0.859. The van der Waals surface area contributed by atoms with Crippen LogP contribution in [0.1, 0.15) is 32.0 Å². The van der Waals surface area contributed by atoms with E-state index in [2.05, 4.69) is 10.3 Å². The van der Waals surface area contributed by atoms with Crippen molar-refractivity contribution in [1.29, 1.82) is 0 Å². The topological polar surface area (TPSA) is 145 Å². The molecule has 0 fully saturated rings. The van der Waals surface area contributed by atoms with Gasteiger partial charge in [-0.3, -0.25) is 24.4 Å². The summed E-state index contributed by atoms with van der Waals surface area (Å²) in [7, 11) is 0. The summed E-state index contributed by atoms with van der Waals surface area (Å²) >= 11 is 0. The number of rotatable bonds is 3. The number of benzene rings is 1. The van der Waals surface area contributed by atoms with Crippen LogP contribution in [0.25, 0.3) is 0 Å². The molecule has 0 bridgehead atoms. The van der Waals surface area contributed by atoms with Gasteiger partial charge >= 0.3 is 5.69 Å². The van der Waals surface area contributed by atoms with Crippen molar-refractivity contribution < 1.29 is 14.7 Å². The highest BCUT2D eigenvalue weighted by Crippen LogP contribution is 2.40. The molecule has 2 heterocycles. The lowest BCUT2D eigenvalue weighted by molar-refractivity contribution is 0.0813. The summed E-state index contributed by atoms with van der Waals surface area (Å²) < 4.78 is 0. The van der Waals surface area contributed by atoms with Crippen LogP contribution in [0.3, 0.4) is 0 Å². The molecule has 140 valence electrons. The molecule has 9 nitrogen and oxygen atoms in total. The van der Waals surface area contributed by atoms with Crippen molar-refractivity contribution in [3.63, 3.8) is 0 Å². The maximum absolute atomic E-state index is 13.3. The Morgan fingerprint density at radius 2 is 1.57 bits per heavy atom. The lowest BCUT2D eigenvalue weighted by atomic mass is 9.85. The van der Waals surface area contributed by atoms with E-state index in [1.54, 1.807) is 31.2 Å². The zero-order valence-electron chi connectivity index (χ0n) is 14.6. The maximum atomic E-state index is 13.3. The molecule has 28 heavy (non-hydrogen) atoms. The molecule has 0 amide bonds. The van der Waals surface area contributed by atoms with Crippen molar-refractivity contribution in [3.05, 3.63) is 85.7 Å². The second-order valence-corrected chi connectivity index (χ2v) is 6.37.